The largest absolute Gasteiger partial charge is 0.439 e. The molecule has 2 heterocycles. The summed E-state index contributed by atoms with van der Waals surface area (Å²) >= 11 is 0. The van der Waals surface area contributed by atoms with Crippen LogP contribution >= 0.6 is 0 Å². The fraction of sp³-hybridized carbons (Fsp3) is 0.526. The topological polar surface area (TPSA) is 75.7 Å². The number of cyclic esters (lactones) is 1. The van der Waals surface area contributed by atoms with Crippen LogP contribution in [-0.2, 0) is 14.3 Å². The molecule has 2 unspecified atom stereocenters. The molecular weight excluding hydrogens is 320 g/mol. The third-order valence-corrected chi connectivity index (χ3v) is 5.03. The lowest BCUT2D eigenvalue weighted by Crippen LogP contribution is -2.52. The maximum Gasteiger partial charge on any atom is 0.411 e. The number of hydrogen-bond donors (Lipinski definition) is 1. The van der Waals surface area contributed by atoms with Gasteiger partial charge in [-0.2, -0.15) is 0 Å². The molecular formula is C19H24N2O4. The van der Waals surface area contributed by atoms with Crippen molar-refractivity contribution < 1.29 is 19.1 Å². The summed E-state index contributed by atoms with van der Waals surface area (Å²) in [4.78, 5) is 36.9. The van der Waals surface area contributed by atoms with E-state index in [2.05, 4.69) is 31.3 Å². The molecule has 2 aliphatic rings. The second-order valence-electron chi connectivity index (χ2n) is 6.85. The predicted octanol–water partition coefficient (Wildman–Crippen LogP) is 2.89. The van der Waals surface area contributed by atoms with E-state index >= 15 is 0 Å². The zero-order valence-electron chi connectivity index (χ0n) is 14.7. The van der Waals surface area contributed by atoms with Crippen LogP contribution in [0.15, 0.2) is 24.3 Å². The quantitative estimate of drug-likeness (QED) is 0.834. The zero-order chi connectivity index (χ0) is 18.0. The summed E-state index contributed by atoms with van der Waals surface area (Å²) in [6.07, 6.45) is 2.00. The molecule has 0 bridgehead atoms. The van der Waals surface area contributed by atoms with Gasteiger partial charge in [-0.15, -0.1) is 0 Å². The van der Waals surface area contributed by atoms with Crippen molar-refractivity contribution in [1.29, 1.82) is 0 Å². The average Bonchev–Trinajstić information content (AvgIpc) is 2.97. The highest BCUT2D eigenvalue weighted by atomic mass is 16.6. The molecule has 3 amide bonds. The Bertz CT molecular complexity index is 671. The summed E-state index contributed by atoms with van der Waals surface area (Å²) in [5.74, 6) is -0.204. The van der Waals surface area contributed by atoms with Gasteiger partial charge in [-0.1, -0.05) is 44.5 Å². The highest BCUT2D eigenvalue weighted by molar-refractivity contribution is 6.01. The van der Waals surface area contributed by atoms with E-state index in [0.717, 1.165) is 18.4 Å². The van der Waals surface area contributed by atoms with Gasteiger partial charge in [-0.25, -0.2) is 4.79 Å². The van der Waals surface area contributed by atoms with Gasteiger partial charge in [0, 0.05) is 6.42 Å². The van der Waals surface area contributed by atoms with E-state index < -0.39 is 18.0 Å². The summed E-state index contributed by atoms with van der Waals surface area (Å²) in [7, 11) is 0. The Kier molecular flexibility index (Phi) is 5.06. The van der Waals surface area contributed by atoms with E-state index in [1.54, 1.807) is 0 Å². The number of hydrogen-bond acceptors (Lipinski definition) is 4. The number of carbonyl (C=O) groups is 3. The van der Waals surface area contributed by atoms with Crippen LogP contribution in [-0.4, -0.2) is 35.4 Å². The first kappa shape index (κ1) is 17.5. The van der Waals surface area contributed by atoms with Gasteiger partial charge in [0.25, 0.3) is 0 Å². The van der Waals surface area contributed by atoms with E-state index in [1.807, 2.05) is 12.1 Å². The van der Waals surface area contributed by atoms with Crippen LogP contribution in [0, 0.1) is 0 Å². The fourth-order valence-electron chi connectivity index (χ4n) is 3.53. The maximum atomic E-state index is 12.2. The number of nitrogens with zero attached hydrogens (tertiary/aromatic N) is 1. The minimum absolute atomic E-state index is 0.245. The van der Waals surface area contributed by atoms with Gasteiger partial charge in [0.1, 0.15) is 12.1 Å². The van der Waals surface area contributed by atoms with Crippen molar-refractivity contribution >= 4 is 17.9 Å². The molecule has 0 aromatic heterocycles. The molecule has 0 aliphatic carbocycles. The van der Waals surface area contributed by atoms with Crippen LogP contribution in [0.25, 0.3) is 0 Å². The molecule has 134 valence electrons. The number of nitrogens with one attached hydrogen (secondary N) is 1. The van der Waals surface area contributed by atoms with Crippen LogP contribution in [0.5, 0.6) is 0 Å². The molecule has 6 heteroatoms. The van der Waals surface area contributed by atoms with Crippen LogP contribution in [0.2, 0.25) is 0 Å². The number of rotatable bonds is 5. The van der Waals surface area contributed by atoms with Gasteiger partial charge in [-0.3, -0.25) is 19.8 Å². The Morgan fingerprint density at radius 3 is 2.60 bits per heavy atom. The highest BCUT2D eigenvalue weighted by Crippen LogP contribution is 2.30. The molecule has 3 rings (SSSR count). The van der Waals surface area contributed by atoms with E-state index in [4.69, 9.17) is 4.74 Å². The van der Waals surface area contributed by atoms with E-state index in [9.17, 15) is 14.4 Å². The number of amides is 3. The summed E-state index contributed by atoms with van der Waals surface area (Å²) in [6.45, 7) is 4.71. The smallest absolute Gasteiger partial charge is 0.411 e. The van der Waals surface area contributed by atoms with Crippen molar-refractivity contribution in [2.75, 3.05) is 6.54 Å². The number of imide groups is 1. The Morgan fingerprint density at radius 1 is 1.24 bits per heavy atom. The van der Waals surface area contributed by atoms with Gasteiger partial charge in [0.15, 0.2) is 0 Å². The molecule has 1 N–H and O–H groups in total. The van der Waals surface area contributed by atoms with Crippen molar-refractivity contribution in [2.45, 2.75) is 57.6 Å². The second kappa shape index (κ2) is 7.25. The number of piperidine rings is 1. The lowest BCUT2D eigenvalue weighted by molar-refractivity contribution is -0.136. The van der Waals surface area contributed by atoms with Crippen LogP contribution in [0.1, 0.15) is 62.7 Å². The highest BCUT2D eigenvalue weighted by Gasteiger charge is 2.41. The van der Waals surface area contributed by atoms with Crippen molar-refractivity contribution in [3.05, 3.63) is 35.4 Å². The van der Waals surface area contributed by atoms with Crippen molar-refractivity contribution in [1.82, 2.24) is 10.2 Å². The third kappa shape index (κ3) is 3.67. The standard InChI is InChI=1S/C19H24N2O4/c1-3-4-12(2)13-5-7-14(8-6-13)16-11-21(19(24)25-16)15-9-10-17(22)20-18(15)23/h5-8,12,15-16H,3-4,9-11H2,1-2H3,(H,20,22,23)/t12?,15?,16-/m0/s1. The van der Waals surface area contributed by atoms with Gasteiger partial charge in [0.05, 0.1) is 6.54 Å². The van der Waals surface area contributed by atoms with Gasteiger partial charge in [-0.05, 0) is 29.9 Å². The molecule has 6 nitrogen and oxygen atoms in total. The molecule has 3 atom stereocenters. The Labute approximate surface area is 147 Å². The molecule has 0 radical (unpaired) electrons. The lowest BCUT2D eigenvalue weighted by Gasteiger charge is -2.27. The summed E-state index contributed by atoms with van der Waals surface area (Å²) in [5, 5.41) is 2.29. The molecule has 0 saturated carbocycles. The molecule has 0 spiro atoms. The Balaban J connectivity index is 1.68. The first-order chi connectivity index (χ1) is 12.0. The van der Waals surface area contributed by atoms with Crippen molar-refractivity contribution in [3.8, 4) is 0 Å². The van der Waals surface area contributed by atoms with Gasteiger partial charge >= 0.3 is 6.09 Å². The van der Waals surface area contributed by atoms with Crippen LogP contribution in [0.3, 0.4) is 0 Å². The summed E-state index contributed by atoms with van der Waals surface area (Å²) in [5.41, 5.74) is 2.20. The molecule has 2 aliphatic heterocycles. The summed E-state index contributed by atoms with van der Waals surface area (Å²) < 4.78 is 5.46. The van der Waals surface area contributed by atoms with Crippen molar-refractivity contribution in [3.63, 3.8) is 0 Å². The third-order valence-electron chi connectivity index (χ3n) is 5.03. The Morgan fingerprint density at radius 2 is 1.96 bits per heavy atom. The second-order valence-corrected chi connectivity index (χ2v) is 6.85. The SMILES string of the molecule is CCCC(C)c1ccc([C@@H]2CN(C3CCC(=O)NC3=O)C(=O)O2)cc1. The first-order valence-corrected chi connectivity index (χ1v) is 8.90. The normalized spacial score (nSPS) is 24.9. The number of benzene rings is 1. The zero-order valence-corrected chi connectivity index (χ0v) is 14.7. The Hall–Kier alpha value is -2.37. The first-order valence-electron chi connectivity index (χ1n) is 8.90. The maximum absolute atomic E-state index is 12.2. The van der Waals surface area contributed by atoms with Gasteiger partial charge < -0.3 is 4.74 Å². The monoisotopic (exact) mass is 344 g/mol. The van der Waals surface area contributed by atoms with Crippen molar-refractivity contribution in [2.24, 2.45) is 0 Å². The number of ether oxygens (including phenoxy) is 1. The van der Waals surface area contributed by atoms with E-state index in [0.29, 0.717) is 18.9 Å². The minimum Gasteiger partial charge on any atom is -0.439 e. The van der Waals surface area contributed by atoms with E-state index in [-0.39, 0.29) is 18.4 Å². The molecule has 1 aromatic rings. The number of carbonyl (C=O) groups excluding carboxylic acids is 3. The molecule has 1 aromatic carbocycles. The van der Waals surface area contributed by atoms with Gasteiger partial charge in [0.2, 0.25) is 11.8 Å². The fourth-order valence-corrected chi connectivity index (χ4v) is 3.53. The average molecular weight is 344 g/mol. The molecule has 2 fully saturated rings. The predicted molar refractivity (Wildman–Crippen MR) is 91.9 cm³/mol. The minimum atomic E-state index is -0.626. The van der Waals surface area contributed by atoms with E-state index in [1.165, 1.54) is 10.5 Å². The lowest BCUT2D eigenvalue weighted by atomic mass is 9.95. The molecule has 2 saturated heterocycles. The van der Waals surface area contributed by atoms with Crippen LogP contribution in [0.4, 0.5) is 4.79 Å². The molecule has 25 heavy (non-hydrogen) atoms. The van der Waals surface area contributed by atoms with Crippen LogP contribution < -0.4 is 5.32 Å². The summed E-state index contributed by atoms with van der Waals surface area (Å²) in [6, 6.07) is 7.52.